The average molecular weight is 437 g/mol. The molecule has 0 aliphatic heterocycles. The van der Waals surface area contributed by atoms with E-state index >= 15 is 0 Å². The summed E-state index contributed by atoms with van der Waals surface area (Å²) in [5.41, 5.74) is 0.00578. The molecule has 4 rings (SSSR count). The van der Waals surface area contributed by atoms with Gasteiger partial charge in [-0.15, -0.1) is 11.3 Å². The molecule has 2 heterocycles. The topological polar surface area (TPSA) is 87.6 Å². The first-order valence-electron chi connectivity index (χ1n) is 9.37. The normalized spacial score (nSPS) is 14.0. The minimum atomic E-state index is -1.83. The van der Waals surface area contributed by atoms with E-state index in [-0.39, 0.29) is 12.1 Å². The van der Waals surface area contributed by atoms with Crippen LogP contribution < -0.4 is 0 Å². The van der Waals surface area contributed by atoms with Gasteiger partial charge in [-0.05, 0) is 30.3 Å². The molecule has 0 fully saturated rings. The highest BCUT2D eigenvalue weighted by atomic mass is 32.1. The zero-order chi connectivity index (χ0) is 22.0. The molecule has 0 saturated carbocycles. The molecule has 0 amide bonds. The van der Waals surface area contributed by atoms with Gasteiger partial charge < -0.3 is 5.11 Å². The van der Waals surface area contributed by atoms with Crippen LogP contribution >= 0.6 is 11.3 Å². The van der Waals surface area contributed by atoms with Crippen molar-refractivity contribution in [1.82, 2.24) is 19.7 Å². The fraction of sp³-hybridized carbons (Fsp3) is 0.182. The molecule has 2 aromatic heterocycles. The summed E-state index contributed by atoms with van der Waals surface area (Å²) in [7, 11) is 0. The Labute approximate surface area is 181 Å². The molecule has 1 unspecified atom stereocenters. The van der Waals surface area contributed by atoms with Crippen molar-refractivity contribution in [2.75, 3.05) is 0 Å². The molecule has 6 nitrogen and oxygen atoms in total. The highest BCUT2D eigenvalue weighted by Gasteiger charge is 2.41. The predicted molar refractivity (Wildman–Crippen MR) is 111 cm³/mol. The summed E-state index contributed by atoms with van der Waals surface area (Å²) >= 11 is 1.31. The molecule has 0 radical (unpaired) electrons. The Morgan fingerprint density at radius 2 is 2.00 bits per heavy atom. The molecule has 0 spiro atoms. The molecule has 1 N–H and O–H groups in total. The van der Waals surface area contributed by atoms with Crippen molar-refractivity contribution >= 4 is 11.3 Å². The fourth-order valence-corrected chi connectivity index (χ4v) is 4.36. The first-order valence-corrected chi connectivity index (χ1v) is 10.2. The number of hydrogen-bond acceptors (Lipinski definition) is 6. The van der Waals surface area contributed by atoms with E-state index in [1.165, 1.54) is 28.7 Å². The van der Waals surface area contributed by atoms with Gasteiger partial charge in [0.25, 0.3) is 0 Å². The van der Waals surface area contributed by atoms with Crippen molar-refractivity contribution in [3.05, 3.63) is 88.3 Å². The summed E-state index contributed by atoms with van der Waals surface area (Å²) in [5, 5.41) is 27.0. The maximum Gasteiger partial charge on any atom is 0.137 e. The number of aromatic nitrogens is 4. The van der Waals surface area contributed by atoms with Crippen LogP contribution in [0, 0.1) is 23.0 Å². The van der Waals surface area contributed by atoms with Crippen LogP contribution in [0.5, 0.6) is 0 Å². The third-order valence-corrected chi connectivity index (χ3v) is 6.21. The zero-order valence-corrected chi connectivity index (χ0v) is 17.2. The summed E-state index contributed by atoms with van der Waals surface area (Å²) < 4.78 is 30.0. The lowest BCUT2D eigenvalue weighted by Crippen LogP contribution is -2.38. The highest BCUT2D eigenvalue weighted by Crippen LogP contribution is 2.41. The van der Waals surface area contributed by atoms with Gasteiger partial charge >= 0.3 is 0 Å². The van der Waals surface area contributed by atoms with Crippen molar-refractivity contribution in [3.63, 3.8) is 0 Å². The van der Waals surface area contributed by atoms with Crippen molar-refractivity contribution in [1.29, 1.82) is 5.26 Å². The third kappa shape index (κ3) is 4.08. The fourth-order valence-electron chi connectivity index (χ4n) is 3.38. The van der Waals surface area contributed by atoms with Gasteiger partial charge in [0.15, 0.2) is 0 Å². The van der Waals surface area contributed by atoms with Crippen molar-refractivity contribution in [2.24, 2.45) is 0 Å². The van der Waals surface area contributed by atoms with E-state index in [9.17, 15) is 13.9 Å². The van der Waals surface area contributed by atoms with Gasteiger partial charge in [0.2, 0.25) is 0 Å². The van der Waals surface area contributed by atoms with Gasteiger partial charge in [0.1, 0.15) is 29.9 Å². The first kappa shape index (κ1) is 20.8. The molecule has 156 valence electrons. The Balaban J connectivity index is 1.74. The summed E-state index contributed by atoms with van der Waals surface area (Å²) in [6.45, 7) is 1.57. The number of halogens is 2. The molecule has 31 heavy (non-hydrogen) atoms. The number of hydrogen-bond donors (Lipinski definition) is 1. The minimum Gasteiger partial charge on any atom is -0.382 e. The van der Waals surface area contributed by atoms with Crippen LogP contribution in [0.2, 0.25) is 0 Å². The molecule has 2 aromatic carbocycles. The third-order valence-electron chi connectivity index (χ3n) is 5.18. The van der Waals surface area contributed by atoms with Crippen molar-refractivity contribution in [2.45, 2.75) is 25.0 Å². The Kier molecular flexibility index (Phi) is 5.59. The molecule has 0 aliphatic rings. The second-order valence-corrected chi connectivity index (χ2v) is 8.01. The number of rotatable bonds is 6. The Hall–Kier alpha value is -3.48. The van der Waals surface area contributed by atoms with E-state index in [0.717, 1.165) is 23.8 Å². The molecule has 0 bridgehead atoms. The van der Waals surface area contributed by atoms with Crippen LogP contribution in [0.25, 0.3) is 11.3 Å². The van der Waals surface area contributed by atoms with Crippen molar-refractivity contribution in [3.8, 4) is 17.3 Å². The zero-order valence-electron chi connectivity index (χ0n) is 16.4. The quantitative estimate of drug-likeness (QED) is 0.487. The van der Waals surface area contributed by atoms with Crippen LogP contribution in [0.3, 0.4) is 0 Å². The van der Waals surface area contributed by atoms with Crippen molar-refractivity contribution < 1.29 is 13.9 Å². The van der Waals surface area contributed by atoms with Crippen LogP contribution in [0.15, 0.2) is 60.5 Å². The second-order valence-electron chi connectivity index (χ2n) is 7.12. The van der Waals surface area contributed by atoms with E-state index in [1.54, 1.807) is 31.2 Å². The lowest BCUT2D eigenvalue weighted by atomic mass is 9.82. The molecule has 4 aromatic rings. The van der Waals surface area contributed by atoms with E-state index in [4.69, 9.17) is 5.26 Å². The smallest absolute Gasteiger partial charge is 0.137 e. The van der Waals surface area contributed by atoms with Gasteiger partial charge in [0, 0.05) is 22.4 Å². The lowest BCUT2D eigenvalue weighted by molar-refractivity contribution is -0.0114. The summed E-state index contributed by atoms with van der Waals surface area (Å²) in [6, 6.07) is 12.0. The Bertz CT molecular complexity index is 1230. The second kappa shape index (κ2) is 8.34. The SMILES string of the molecule is C[C@@H](c1nc(-c2ccc(C#N)cc2)cs1)C(O)(Cn1cncn1)c1cc(F)ccc1F. The van der Waals surface area contributed by atoms with E-state index in [0.29, 0.717) is 16.3 Å². The maximum absolute atomic E-state index is 14.7. The first-order chi connectivity index (χ1) is 14.9. The number of benzene rings is 2. The van der Waals surface area contributed by atoms with Gasteiger partial charge in [0.05, 0.1) is 28.9 Å². The predicted octanol–water partition coefficient (Wildman–Crippen LogP) is 4.24. The van der Waals surface area contributed by atoms with Gasteiger partial charge in [-0.3, -0.25) is 0 Å². The Morgan fingerprint density at radius 3 is 2.68 bits per heavy atom. The van der Waals surface area contributed by atoms with Gasteiger partial charge in [-0.1, -0.05) is 19.1 Å². The van der Waals surface area contributed by atoms with Gasteiger partial charge in [-0.25, -0.2) is 23.4 Å². The summed E-state index contributed by atoms with van der Waals surface area (Å²) in [5.74, 6) is -2.07. The Morgan fingerprint density at radius 1 is 1.23 bits per heavy atom. The minimum absolute atomic E-state index is 0.139. The average Bonchev–Trinajstić information content (AvgIpc) is 3.47. The van der Waals surface area contributed by atoms with E-state index in [2.05, 4.69) is 21.1 Å². The van der Waals surface area contributed by atoms with E-state index in [1.807, 2.05) is 5.38 Å². The standard InChI is InChI=1S/C22H17F2N5OS/c1-14(21-28-20(10-31-21)16-4-2-15(9-25)3-5-16)22(30,11-29-13-26-12-27-29)18-8-17(23)6-7-19(18)24/h2-8,10,12-14,30H,11H2,1H3/t14-,22?/m0/s1. The monoisotopic (exact) mass is 437 g/mol. The van der Waals surface area contributed by atoms with Crippen LogP contribution in [-0.4, -0.2) is 24.9 Å². The number of nitrogens with zero attached hydrogens (tertiary/aromatic N) is 5. The summed E-state index contributed by atoms with van der Waals surface area (Å²) in [4.78, 5) is 8.49. The van der Waals surface area contributed by atoms with Gasteiger partial charge in [-0.2, -0.15) is 10.4 Å². The van der Waals surface area contributed by atoms with Crippen LogP contribution in [0.1, 0.15) is 29.0 Å². The molecule has 2 atom stereocenters. The van der Waals surface area contributed by atoms with Crippen LogP contribution in [-0.2, 0) is 12.1 Å². The summed E-state index contributed by atoms with van der Waals surface area (Å²) in [6.07, 6.45) is 2.71. The highest BCUT2D eigenvalue weighted by molar-refractivity contribution is 7.10. The lowest BCUT2D eigenvalue weighted by Gasteiger charge is -2.33. The molecule has 9 heteroatoms. The van der Waals surface area contributed by atoms with E-state index < -0.39 is 23.2 Å². The molecular formula is C22H17F2N5OS. The number of thiazole rings is 1. The largest absolute Gasteiger partial charge is 0.382 e. The number of aliphatic hydroxyl groups is 1. The molecule has 0 saturated heterocycles. The van der Waals surface area contributed by atoms with Crippen LogP contribution in [0.4, 0.5) is 8.78 Å². The maximum atomic E-state index is 14.7. The molecule has 0 aliphatic carbocycles. The molecular weight excluding hydrogens is 420 g/mol. The number of nitriles is 1.